The first-order valence-corrected chi connectivity index (χ1v) is 12.2. The van der Waals surface area contributed by atoms with Gasteiger partial charge in [-0.1, -0.05) is 76.2 Å². The first-order chi connectivity index (χ1) is 16.5. The van der Waals surface area contributed by atoms with Crippen molar-refractivity contribution in [2.45, 2.75) is 65.9 Å². The van der Waals surface area contributed by atoms with Gasteiger partial charge in [-0.3, -0.25) is 14.4 Å². The Bertz CT molecular complexity index is 1150. The molecule has 35 heavy (non-hydrogen) atoms. The zero-order chi connectivity index (χ0) is 25.4. The molecule has 0 spiro atoms. The number of hydrogen-bond donors (Lipinski definition) is 1. The molecule has 2 aromatic rings. The quantitative estimate of drug-likeness (QED) is 0.510. The van der Waals surface area contributed by atoms with Gasteiger partial charge in [-0.15, -0.1) is 0 Å². The van der Waals surface area contributed by atoms with Crippen LogP contribution in [0.1, 0.15) is 70.4 Å². The van der Waals surface area contributed by atoms with E-state index in [-0.39, 0.29) is 53.4 Å². The molecule has 0 bridgehead atoms. The first kappa shape index (κ1) is 24.9. The summed E-state index contributed by atoms with van der Waals surface area (Å²) in [6.45, 7) is 7.99. The Kier molecular flexibility index (Phi) is 6.72. The molecule has 0 heterocycles. The van der Waals surface area contributed by atoms with Crippen LogP contribution >= 0.6 is 0 Å². The van der Waals surface area contributed by atoms with Crippen molar-refractivity contribution in [1.29, 1.82) is 0 Å². The molecule has 1 N–H and O–H groups in total. The predicted octanol–water partition coefficient (Wildman–Crippen LogP) is 6.12. The van der Waals surface area contributed by atoms with Crippen molar-refractivity contribution in [2.24, 2.45) is 16.7 Å². The fourth-order valence-electron chi connectivity index (χ4n) is 5.54. The maximum atomic E-state index is 13.4. The first-order valence-electron chi connectivity index (χ1n) is 12.2. The Balaban J connectivity index is 1.82. The smallest absolute Gasteiger partial charge is 0.163 e. The molecule has 1 fully saturated rings. The number of benzene rings is 2. The van der Waals surface area contributed by atoms with E-state index >= 15 is 0 Å². The van der Waals surface area contributed by atoms with E-state index < -0.39 is 17.3 Å². The van der Waals surface area contributed by atoms with E-state index in [4.69, 9.17) is 4.74 Å². The zero-order valence-electron chi connectivity index (χ0n) is 21.0. The van der Waals surface area contributed by atoms with Gasteiger partial charge in [-0.25, -0.2) is 0 Å². The number of para-hydroxylation sites is 1. The Hall–Kier alpha value is -3.21. The Labute approximate surface area is 207 Å². The third-order valence-electron chi connectivity index (χ3n) is 7.03. The lowest BCUT2D eigenvalue weighted by Crippen LogP contribution is -2.43. The number of ketones is 3. The SMILES string of the molecule is CC1(C)CC(=O)C(C(C2=C(O)CC(C)(C)CC2=O)c2ccccc2OCc2ccccc2)C(=O)C1. The average molecular weight is 475 g/mol. The molecule has 2 aromatic carbocycles. The second-order valence-electron chi connectivity index (χ2n) is 11.5. The number of hydrogen-bond acceptors (Lipinski definition) is 5. The van der Waals surface area contributed by atoms with Crippen molar-refractivity contribution in [3.05, 3.63) is 77.1 Å². The number of carbonyl (C=O) groups excluding carboxylic acids is 3. The largest absolute Gasteiger partial charge is 0.512 e. The van der Waals surface area contributed by atoms with Crippen LogP contribution in [-0.4, -0.2) is 22.5 Å². The lowest BCUT2D eigenvalue weighted by molar-refractivity contribution is -0.140. The van der Waals surface area contributed by atoms with Gasteiger partial charge in [-0.05, 0) is 22.5 Å². The van der Waals surface area contributed by atoms with Crippen molar-refractivity contribution in [2.75, 3.05) is 0 Å². The molecule has 2 aliphatic rings. The van der Waals surface area contributed by atoms with Crippen LogP contribution in [0.4, 0.5) is 0 Å². The van der Waals surface area contributed by atoms with E-state index in [1.807, 2.05) is 70.2 Å². The average Bonchev–Trinajstić information content (AvgIpc) is 2.75. The monoisotopic (exact) mass is 474 g/mol. The molecule has 184 valence electrons. The molecule has 1 saturated carbocycles. The summed E-state index contributed by atoms with van der Waals surface area (Å²) in [5.41, 5.74) is 0.938. The summed E-state index contributed by atoms with van der Waals surface area (Å²) in [6, 6.07) is 16.9. The van der Waals surface area contributed by atoms with E-state index in [1.165, 1.54) is 0 Å². The van der Waals surface area contributed by atoms with Crippen LogP contribution in [-0.2, 0) is 21.0 Å². The fraction of sp³-hybridized carbons (Fsp3) is 0.433. The highest BCUT2D eigenvalue weighted by molar-refractivity contribution is 6.09. The topological polar surface area (TPSA) is 80.7 Å². The molecule has 0 radical (unpaired) electrons. The number of aliphatic hydroxyl groups excluding tert-OH is 1. The number of aliphatic hydroxyl groups is 1. The zero-order valence-corrected chi connectivity index (χ0v) is 21.0. The molecular weight excluding hydrogens is 440 g/mol. The number of rotatable bonds is 6. The molecule has 1 atom stereocenters. The van der Waals surface area contributed by atoms with E-state index in [0.717, 1.165) is 5.56 Å². The minimum Gasteiger partial charge on any atom is -0.512 e. The summed E-state index contributed by atoms with van der Waals surface area (Å²) in [6.07, 6.45) is 1.07. The van der Waals surface area contributed by atoms with Gasteiger partial charge in [0.15, 0.2) is 5.78 Å². The van der Waals surface area contributed by atoms with Gasteiger partial charge in [0.1, 0.15) is 29.7 Å². The third-order valence-corrected chi connectivity index (χ3v) is 7.03. The summed E-state index contributed by atoms with van der Waals surface area (Å²) in [4.78, 5) is 40.3. The summed E-state index contributed by atoms with van der Waals surface area (Å²) in [7, 11) is 0. The second-order valence-corrected chi connectivity index (χ2v) is 11.5. The molecule has 4 rings (SSSR count). The molecule has 5 heteroatoms. The number of ether oxygens (including phenoxy) is 1. The summed E-state index contributed by atoms with van der Waals surface area (Å²) >= 11 is 0. The summed E-state index contributed by atoms with van der Waals surface area (Å²) < 4.78 is 6.17. The lowest BCUT2D eigenvalue weighted by atomic mass is 9.62. The standard InChI is InChI=1S/C30H34O5/c1-29(2)14-21(31)27(22(32)15-29)26(28-23(33)16-30(3,4)17-24(28)34)20-12-8-9-13-25(20)35-18-19-10-6-5-7-11-19/h5-13,26-27,33H,14-18H2,1-4H3. The van der Waals surface area contributed by atoms with Crippen molar-refractivity contribution >= 4 is 17.3 Å². The van der Waals surface area contributed by atoms with Gasteiger partial charge in [0.25, 0.3) is 0 Å². The number of allylic oxidation sites excluding steroid dienone is 2. The highest BCUT2D eigenvalue weighted by Crippen LogP contribution is 2.49. The van der Waals surface area contributed by atoms with Gasteiger partial charge < -0.3 is 9.84 Å². The molecule has 0 aliphatic heterocycles. The maximum Gasteiger partial charge on any atom is 0.163 e. The third kappa shape index (κ3) is 5.39. The Morgan fingerprint density at radius 3 is 2.03 bits per heavy atom. The molecule has 5 nitrogen and oxygen atoms in total. The van der Waals surface area contributed by atoms with Crippen LogP contribution in [0.3, 0.4) is 0 Å². The van der Waals surface area contributed by atoms with Gasteiger partial charge in [-0.2, -0.15) is 0 Å². The predicted molar refractivity (Wildman–Crippen MR) is 134 cm³/mol. The Morgan fingerprint density at radius 2 is 1.40 bits per heavy atom. The molecular formula is C30H34O5. The summed E-state index contributed by atoms with van der Waals surface area (Å²) in [5.74, 6) is -2.01. The van der Waals surface area contributed by atoms with E-state index in [9.17, 15) is 19.5 Å². The van der Waals surface area contributed by atoms with Gasteiger partial charge >= 0.3 is 0 Å². The van der Waals surface area contributed by atoms with Crippen LogP contribution in [0.25, 0.3) is 0 Å². The normalized spacial score (nSPS) is 21.2. The number of carbonyl (C=O) groups is 3. The van der Waals surface area contributed by atoms with Crippen LogP contribution in [0, 0.1) is 16.7 Å². The maximum absolute atomic E-state index is 13.4. The number of Topliss-reactive ketones (excluding diaryl/α,β-unsaturated/α-hetero) is 3. The Morgan fingerprint density at radius 1 is 0.829 bits per heavy atom. The van der Waals surface area contributed by atoms with Gasteiger partial charge in [0, 0.05) is 42.7 Å². The van der Waals surface area contributed by atoms with Crippen LogP contribution in [0.15, 0.2) is 65.9 Å². The highest BCUT2D eigenvalue weighted by Gasteiger charge is 2.49. The fourth-order valence-corrected chi connectivity index (χ4v) is 5.54. The van der Waals surface area contributed by atoms with Crippen molar-refractivity contribution < 1.29 is 24.2 Å². The van der Waals surface area contributed by atoms with Crippen LogP contribution in [0.2, 0.25) is 0 Å². The van der Waals surface area contributed by atoms with Crippen LogP contribution < -0.4 is 4.74 Å². The lowest BCUT2D eigenvalue weighted by Gasteiger charge is -2.39. The molecule has 0 saturated heterocycles. The molecule has 2 aliphatic carbocycles. The van der Waals surface area contributed by atoms with E-state index in [2.05, 4.69) is 0 Å². The van der Waals surface area contributed by atoms with Gasteiger partial charge in [0.05, 0.1) is 5.92 Å². The highest BCUT2D eigenvalue weighted by atomic mass is 16.5. The molecule has 0 amide bonds. The minimum absolute atomic E-state index is 0.0282. The van der Waals surface area contributed by atoms with Crippen molar-refractivity contribution in [3.63, 3.8) is 0 Å². The molecule has 1 unspecified atom stereocenters. The van der Waals surface area contributed by atoms with Crippen molar-refractivity contribution in [3.8, 4) is 5.75 Å². The minimum atomic E-state index is -1.02. The van der Waals surface area contributed by atoms with Gasteiger partial charge in [0.2, 0.25) is 0 Å². The van der Waals surface area contributed by atoms with Crippen molar-refractivity contribution in [1.82, 2.24) is 0 Å². The molecule has 0 aromatic heterocycles. The van der Waals surface area contributed by atoms with Crippen LogP contribution in [0.5, 0.6) is 5.75 Å². The van der Waals surface area contributed by atoms with E-state index in [0.29, 0.717) is 24.3 Å². The van der Waals surface area contributed by atoms with E-state index in [1.54, 1.807) is 12.1 Å². The summed E-state index contributed by atoms with van der Waals surface area (Å²) in [5, 5.41) is 11.1. The second kappa shape index (κ2) is 9.44.